The summed E-state index contributed by atoms with van der Waals surface area (Å²) in [5.41, 5.74) is 0.958. The molecule has 1 aliphatic rings. The molecule has 3 rings (SSSR count). The maximum Gasteiger partial charge on any atom is 0.168 e. The Bertz CT molecular complexity index is 640. The quantitative estimate of drug-likeness (QED) is 0.800. The summed E-state index contributed by atoms with van der Waals surface area (Å²) in [7, 11) is 0. The van der Waals surface area contributed by atoms with E-state index in [9.17, 15) is 4.39 Å². The number of hydrogen-bond donors (Lipinski definition) is 0. The van der Waals surface area contributed by atoms with E-state index in [1.165, 1.54) is 30.7 Å². The van der Waals surface area contributed by atoms with E-state index < -0.39 is 0 Å². The van der Waals surface area contributed by atoms with Crippen LogP contribution >= 0.6 is 11.8 Å². The molecular formula is C14H12FN3S. The highest BCUT2D eigenvalue weighted by atomic mass is 32.2. The zero-order valence-electron chi connectivity index (χ0n) is 10.2. The van der Waals surface area contributed by atoms with Crippen molar-refractivity contribution in [2.75, 3.05) is 0 Å². The van der Waals surface area contributed by atoms with Crippen molar-refractivity contribution >= 4 is 11.8 Å². The lowest BCUT2D eigenvalue weighted by molar-refractivity contribution is 0.616. The number of nitriles is 1. The first kappa shape index (κ1) is 12.2. The minimum absolute atomic E-state index is 0.323. The molecule has 2 aromatic rings. The first-order valence-corrected chi connectivity index (χ1v) is 7.10. The number of aromatic nitrogens is 2. The molecule has 0 radical (unpaired) electrons. The van der Waals surface area contributed by atoms with E-state index in [4.69, 9.17) is 5.26 Å². The van der Waals surface area contributed by atoms with E-state index in [0.29, 0.717) is 22.9 Å². The third-order valence-electron chi connectivity index (χ3n) is 3.11. The van der Waals surface area contributed by atoms with Crippen molar-refractivity contribution in [1.29, 1.82) is 5.26 Å². The SMILES string of the molecule is N#Cc1ccc(CSc2nccn2C2CC2)c(F)c1. The van der Waals surface area contributed by atoms with Gasteiger partial charge in [0, 0.05) is 24.2 Å². The largest absolute Gasteiger partial charge is 0.323 e. The minimum atomic E-state index is -0.323. The molecule has 0 aliphatic heterocycles. The van der Waals surface area contributed by atoms with E-state index in [2.05, 4.69) is 9.55 Å². The minimum Gasteiger partial charge on any atom is -0.323 e. The fraction of sp³-hybridized carbons (Fsp3) is 0.286. The summed E-state index contributed by atoms with van der Waals surface area (Å²) >= 11 is 1.53. The average molecular weight is 273 g/mol. The fourth-order valence-corrected chi connectivity index (χ4v) is 2.93. The molecule has 19 heavy (non-hydrogen) atoms. The zero-order chi connectivity index (χ0) is 13.2. The normalized spacial score (nSPS) is 14.3. The lowest BCUT2D eigenvalue weighted by Gasteiger charge is -2.06. The lowest BCUT2D eigenvalue weighted by Crippen LogP contribution is -1.96. The molecule has 0 spiro atoms. The molecule has 3 nitrogen and oxygen atoms in total. The molecule has 0 atom stereocenters. The number of halogens is 1. The Morgan fingerprint density at radius 2 is 2.32 bits per heavy atom. The van der Waals surface area contributed by atoms with Crippen molar-refractivity contribution in [3.63, 3.8) is 0 Å². The van der Waals surface area contributed by atoms with Crippen LogP contribution in [0.5, 0.6) is 0 Å². The van der Waals surface area contributed by atoms with Gasteiger partial charge in [0.15, 0.2) is 5.16 Å². The number of hydrogen-bond acceptors (Lipinski definition) is 3. The molecule has 96 valence electrons. The summed E-state index contributed by atoms with van der Waals surface area (Å²) in [6, 6.07) is 7.11. The van der Waals surface area contributed by atoms with Crippen LogP contribution in [0.2, 0.25) is 0 Å². The number of imidazole rings is 1. The van der Waals surface area contributed by atoms with Crippen molar-refractivity contribution in [3.8, 4) is 6.07 Å². The Morgan fingerprint density at radius 1 is 1.47 bits per heavy atom. The number of rotatable bonds is 4. The first-order valence-electron chi connectivity index (χ1n) is 6.12. The highest BCUT2D eigenvalue weighted by molar-refractivity contribution is 7.98. The second-order valence-electron chi connectivity index (χ2n) is 4.55. The summed E-state index contributed by atoms with van der Waals surface area (Å²) in [6.45, 7) is 0. The summed E-state index contributed by atoms with van der Waals surface area (Å²) in [5.74, 6) is 0.206. The van der Waals surface area contributed by atoms with Gasteiger partial charge in [-0.25, -0.2) is 9.37 Å². The summed E-state index contributed by atoms with van der Waals surface area (Å²) in [4.78, 5) is 4.31. The molecule has 0 unspecified atom stereocenters. The van der Waals surface area contributed by atoms with Gasteiger partial charge in [0.05, 0.1) is 11.6 Å². The van der Waals surface area contributed by atoms with Crippen LogP contribution in [0.25, 0.3) is 0 Å². The third kappa shape index (κ3) is 2.64. The van der Waals surface area contributed by atoms with E-state index >= 15 is 0 Å². The van der Waals surface area contributed by atoms with E-state index in [-0.39, 0.29) is 5.82 Å². The molecule has 1 aliphatic carbocycles. The number of nitrogens with zero attached hydrogens (tertiary/aromatic N) is 3. The summed E-state index contributed by atoms with van der Waals surface area (Å²) < 4.78 is 15.9. The molecular weight excluding hydrogens is 261 g/mol. The van der Waals surface area contributed by atoms with Crippen LogP contribution in [0.1, 0.15) is 30.0 Å². The Hall–Kier alpha value is -1.80. The molecule has 0 amide bonds. The fourth-order valence-electron chi connectivity index (χ4n) is 1.92. The zero-order valence-corrected chi connectivity index (χ0v) is 11.0. The molecule has 1 heterocycles. The van der Waals surface area contributed by atoms with Crippen LogP contribution in [0.3, 0.4) is 0 Å². The van der Waals surface area contributed by atoms with Crippen molar-refractivity contribution in [3.05, 3.63) is 47.5 Å². The van der Waals surface area contributed by atoms with Crippen LogP contribution in [0.15, 0.2) is 35.7 Å². The van der Waals surface area contributed by atoms with Gasteiger partial charge in [0.1, 0.15) is 5.82 Å². The summed E-state index contributed by atoms with van der Waals surface area (Å²) in [6.07, 6.45) is 6.18. The van der Waals surface area contributed by atoms with Gasteiger partial charge in [-0.2, -0.15) is 5.26 Å². The monoisotopic (exact) mass is 273 g/mol. The summed E-state index contributed by atoms with van der Waals surface area (Å²) in [5, 5.41) is 9.64. The molecule has 0 saturated heterocycles. The van der Waals surface area contributed by atoms with Crippen LogP contribution in [0, 0.1) is 17.1 Å². The molecule has 1 fully saturated rings. The van der Waals surface area contributed by atoms with Gasteiger partial charge < -0.3 is 4.57 Å². The molecule has 1 aromatic carbocycles. The van der Waals surface area contributed by atoms with Crippen molar-refractivity contribution in [2.45, 2.75) is 29.8 Å². The second kappa shape index (κ2) is 5.06. The standard InChI is InChI=1S/C14H12FN3S/c15-13-7-10(8-16)1-2-11(13)9-19-14-17-5-6-18(14)12-3-4-12/h1-2,5-7,12H,3-4,9H2. The lowest BCUT2D eigenvalue weighted by atomic mass is 10.1. The number of benzene rings is 1. The van der Waals surface area contributed by atoms with E-state index in [1.54, 1.807) is 18.3 Å². The molecule has 1 aromatic heterocycles. The predicted octanol–water partition coefficient (Wildman–Crippen LogP) is 3.52. The Morgan fingerprint density at radius 3 is 3.00 bits per heavy atom. The van der Waals surface area contributed by atoms with Gasteiger partial charge in [-0.05, 0) is 30.5 Å². The van der Waals surface area contributed by atoms with Crippen LogP contribution in [0.4, 0.5) is 4.39 Å². The number of thioether (sulfide) groups is 1. The van der Waals surface area contributed by atoms with E-state index in [0.717, 1.165) is 5.16 Å². The second-order valence-corrected chi connectivity index (χ2v) is 5.50. The Labute approximate surface area is 115 Å². The smallest absolute Gasteiger partial charge is 0.168 e. The van der Waals surface area contributed by atoms with Crippen LogP contribution in [-0.2, 0) is 5.75 Å². The van der Waals surface area contributed by atoms with Gasteiger partial charge in [-0.3, -0.25) is 0 Å². The predicted molar refractivity (Wildman–Crippen MR) is 71.2 cm³/mol. The molecule has 5 heteroatoms. The van der Waals surface area contributed by atoms with E-state index in [1.807, 2.05) is 12.3 Å². The molecule has 0 N–H and O–H groups in total. The molecule has 1 saturated carbocycles. The van der Waals surface area contributed by atoms with Gasteiger partial charge in [0.25, 0.3) is 0 Å². The van der Waals surface area contributed by atoms with Gasteiger partial charge in [-0.1, -0.05) is 17.8 Å². The Balaban J connectivity index is 1.72. The van der Waals surface area contributed by atoms with Gasteiger partial charge >= 0.3 is 0 Å². The Kier molecular flexibility index (Phi) is 3.26. The van der Waals surface area contributed by atoms with Gasteiger partial charge in [-0.15, -0.1) is 0 Å². The van der Waals surface area contributed by atoms with Gasteiger partial charge in [0.2, 0.25) is 0 Å². The topological polar surface area (TPSA) is 41.6 Å². The first-order chi connectivity index (χ1) is 9.28. The van der Waals surface area contributed by atoms with Crippen molar-refractivity contribution in [1.82, 2.24) is 9.55 Å². The third-order valence-corrected chi connectivity index (χ3v) is 4.14. The van der Waals surface area contributed by atoms with Crippen LogP contribution in [-0.4, -0.2) is 9.55 Å². The maximum absolute atomic E-state index is 13.7. The average Bonchev–Trinajstić information content (AvgIpc) is 3.16. The highest BCUT2D eigenvalue weighted by Gasteiger charge is 2.25. The molecule has 0 bridgehead atoms. The maximum atomic E-state index is 13.7. The van der Waals surface area contributed by atoms with Crippen molar-refractivity contribution in [2.24, 2.45) is 0 Å². The highest BCUT2D eigenvalue weighted by Crippen LogP contribution is 2.38. The van der Waals surface area contributed by atoms with Crippen LogP contribution < -0.4 is 0 Å². The van der Waals surface area contributed by atoms with Crippen molar-refractivity contribution < 1.29 is 4.39 Å².